The molecule has 1 aromatic heterocycles. The summed E-state index contributed by atoms with van der Waals surface area (Å²) in [7, 11) is 0. The Morgan fingerprint density at radius 2 is 2.00 bits per heavy atom. The van der Waals surface area contributed by atoms with Crippen LogP contribution < -0.4 is 9.64 Å². The predicted molar refractivity (Wildman–Crippen MR) is 110 cm³/mol. The molecule has 0 bridgehead atoms. The summed E-state index contributed by atoms with van der Waals surface area (Å²) in [5.41, 5.74) is 4.39. The van der Waals surface area contributed by atoms with Gasteiger partial charge >= 0.3 is 0 Å². The van der Waals surface area contributed by atoms with Gasteiger partial charge in [0.1, 0.15) is 12.4 Å². The van der Waals surface area contributed by atoms with Crippen LogP contribution in [0.1, 0.15) is 28.5 Å². The number of ether oxygens (including phenoxy) is 1. The summed E-state index contributed by atoms with van der Waals surface area (Å²) in [6, 6.07) is 16.4. The summed E-state index contributed by atoms with van der Waals surface area (Å²) in [5.74, 6) is 1.31. The number of fused-ring (bicyclic) bond motifs is 3. The summed E-state index contributed by atoms with van der Waals surface area (Å²) in [4.78, 5) is 17.4. The number of anilines is 1. The number of rotatable bonds is 2. The van der Waals surface area contributed by atoms with E-state index in [0.717, 1.165) is 23.4 Å². The Labute approximate surface area is 169 Å². The Hall–Kier alpha value is -3.28. The Kier molecular flexibility index (Phi) is 4.27. The predicted octanol–water partition coefficient (Wildman–Crippen LogP) is 3.89. The largest absolute Gasteiger partial charge is 0.488 e. The van der Waals surface area contributed by atoms with Crippen molar-refractivity contribution >= 4 is 11.6 Å². The van der Waals surface area contributed by atoms with Crippen LogP contribution in [0.15, 0.2) is 53.1 Å². The fourth-order valence-corrected chi connectivity index (χ4v) is 4.23. The number of para-hydroxylation sites is 1. The number of carbonyl (C=O) groups excluding carboxylic acids is 1. The number of benzene rings is 2. The van der Waals surface area contributed by atoms with E-state index < -0.39 is 0 Å². The number of hydrogen-bond acceptors (Lipinski definition) is 5. The van der Waals surface area contributed by atoms with E-state index in [9.17, 15) is 4.79 Å². The van der Waals surface area contributed by atoms with Gasteiger partial charge in [-0.2, -0.15) is 0 Å². The lowest BCUT2D eigenvalue weighted by molar-refractivity contribution is 0.0713. The van der Waals surface area contributed by atoms with Crippen molar-refractivity contribution in [3.63, 3.8) is 0 Å². The SMILES string of the molecule is Cc1cccc(N2CCN(C(=O)c3noc4c3COc3ccccc3-4)C[C@@H]2C)c1. The van der Waals surface area contributed by atoms with E-state index in [-0.39, 0.29) is 11.9 Å². The first-order chi connectivity index (χ1) is 14.1. The monoisotopic (exact) mass is 389 g/mol. The van der Waals surface area contributed by atoms with E-state index in [1.54, 1.807) is 0 Å². The van der Waals surface area contributed by atoms with Crippen molar-refractivity contribution < 1.29 is 14.1 Å². The molecule has 2 aliphatic rings. The average Bonchev–Trinajstić information content (AvgIpc) is 3.18. The van der Waals surface area contributed by atoms with Crippen LogP contribution in [0.2, 0.25) is 0 Å². The first-order valence-electron chi connectivity index (χ1n) is 9.95. The van der Waals surface area contributed by atoms with Crippen LogP contribution in [-0.4, -0.2) is 41.6 Å². The minimum Gasteiger partial charge on any atom is -0.488 e. The molecule has 3 aromatic rings. The Morgan fingerprint density at radius 1 is 1.14 bits per heavy atom. The second-order valence-electron chi connectivity index (χ2n) is 7.76. The van der Waals surface area contributed by atoms with Gasteiger partial charge in [0.2, 0.25) is 0 Å². The Bertz CT molecular complexity index is 1070. The van der Waals surface area contributed by atoms with Crippen molar-refractivity contribution in [1.29, 1.82) is 0 Å². The number of amides is 1. The smallest absolute Gasteiger partial charge is 0.276 e. The molecule has 0 saturated carbocycles. The fraction of sp³-hybridized carbons (Fsp3) is 0.304. The third-order valence-electron chi connectivity index (χ3n) is 5.74. The molecule has 1 amide bonds. The lowest BCUT2D eigenvalue weighted by Crippen LogP contribution is -2.54. The molecule has 0 aliphatic carbocycles. The van der Waals surface area contributed by atoms with E-state index in [1.165, 1.54) is 11.3 Å². The quantitative estimate of drug-likeness (QED) is 0.665. The van der Waals surface area contributed by atoms with E-state index in [4.69, 9.17) is 9.26 Å². The molecular formula is C23H23N3O3. The van der Waals surface area contributed by atoms with Crippen molar-refractivity contribution in [2.24, 2.45) is 0 Å². The number of aryl methyl sites for hydroxylation is 1. The highest BCUT2D eigenvalue weighted by Gasteiger charge is 2.33. The summed E-state index contributed by atoms with van der Waals surface area (Å²) in [6.45, 7) is 6.63. The maximum Gasteiger partial charge on any atom is 0.276 e. The van der Waals surface area contributed by atoms with Gasteiger partial charge in [-0.05, 0) is 43.7 Å². The van der Waals surface area contributed by atoms with Gasteiger partial charge in [0.15, 0.2) is 11.5 Å². The molecular weight excluding hydrogens is 366 g/mol. The molecule has 2 aromatic carbocycles. The maximum absolute atomic E-state index is 13.2. The molecule has 6 heteroatoms. The molecule has 148 valence electrons. The normalized spacial score (nSPS) is 18.1. The molecule has 0 spiro atoms. The van der Waals surface area contributed by atoms with Crippen molar-refractivity contribution in [2.75, 3.05) is 24.5 Å². The van der Waals surface area contributed by atoms with Crippen molar-refractivity contribution in [2.45, 2.75) is 26.5 Å². The maximum atomic E-state index is 13.2. The number of aromatic nitrogens is 1. The molecule has 1 saturated heterocycles. The van der Waals surface area contributed by atoms with Crippen LogP contribution in [0.5, 0.6) is 5.75 Å². The summed E-state index contributed by atoms with van der Waals surface area (Å²) >= 11 is 0. The van der Waals surface area contributed by atoms with E-state index in [2.05, 4.69) is 48.2 Å². The molecule has 3 heterocycles. The molecule has 0 unspecified atom stereocenters. The highest BCUT2D eigenvalue weighted by molar-refractivity contribution is 5.96. The van der Waals surface area contributed by atoms with Gasteiger partial charge in [0, 0.05) is 31.4 Å². The lowest BCUT2D eigenvalue weighted by atomic mass is 10.0. The molecule has 0 radical (unpaired) electrons. The van der Waals surface area contributed by atoms with Crippen LogP contribution in [0.3, 0.4) is 0 Å². The highest BCUT2D eigenvalue weighted by atomic mass is 16.5. The average molecular weight is 389 g/mol. The minimum atomic E-state index is -0.0891. The summed E-state index contributed by atoms with van der Waals surface area (Å²) in [6.07, 6.45) is 0. The molecule has 29 heavy (non-hydrogen) atoms. The van der Waals surface area contributed by atoms with Gasteiger partial charge in [0.05, 0.1) is 11.1 Å². The van der Waals surface area contributed by atoms with Crippen LogP contribution in [0.25, 0.3) is 11.3 Å². The Morgan fingerprint density at radius 3 is 2.83 bits per heavy atom. The standard InChI is InChI=1S/C23H23N3O3/c1-15-6-5-7-17(12-15)26-11-10-25(13-16(26)2)23(27)21-19-14-28-20-9-4-3-8-18(20)22(19)29-24-21/h3-9,12,16H,10-11,13-14H2,1-2H3/t16-/m0/s1. The van der Waals surface area contributed by atoms with E-state index >= 15 is 0 Å². The summed E-state index contributed by atoms with van der Waals surface area (Å²) < 4.78 is 11.4. The topological polar surface area (TPSA) is 58.8 Å². The van der Waals surface area contributed by atoms with Gasteiger partial charge < -0.3 is 19.1 Å². The third-order valence-corrected chi connectivity index (χ3v) is 5.74. The molecule has 1 fully saturated rings. The van der Waals surface area contributed by atoms with Crippen molar-refractivity contribution in [3.05, 3.63) is 65.4 Å². The fourth-order valence-electron chi connectivity index (χ4n) is 4.23. The van der Waals surface area contributed by atoms with Crippen LogP contribution in [0, 0.1) is 6.92 Å². The second-order valence-corrected chi connectivity index (χ2v) is 7.76. The van der Waals surface area contributed by atoms with Crippen molar-refractivity contribution in [1.82, 2.24) is 10.1 Å². The van der Waals surface area contributed by atoms with Gasteiger partial charge in [-0.3, -0.25) is 4.79 Å². The lowest BCUT2D eigenvalue weighted by Gasteiger charge is -2.41. The van der Waals surface area contributed by atoms with Gasteiger partial charge in [-0.15, -0.1) is 0 Å². The molecule has 0 N–H and O–H groups in total. The minimum absolute atomic E-state index is 0.0891. The summed E-state index contributed by atoms with van der Waals surface area (Å²) in [5, 5.41) is 4.13. The van der Waals surface area contributed by atoms with Crippen LogP contribution in [-0.2, 0) is 6.61 Å². The first-order valence-corrected chi connectivity index (χ1v) is 9.95. The van der Waals surface area contributed by atoms with Crippen molar-refractivity contribution in [3.8, 4) is 17.1 Å². The zero-order valence-corrected chi connectivity index (χ0v) is 16.6. The van der Waals surface area contributed by atoms with Gasteiger partial charge in [-0.25, -0.2) is 0 Å². The van der Waals surface area contributed by atoms with Gasteiger partial charge in [-0.1, -0.05) is 29.4 Å². The first kappa shape index (κ1) is 17.8. The highest BCUT2D eigenvalue weighted by Crippen LogP contribution is 2.39. The molecule has 6 nitrogen and oxygen atoms in total. The van der Waals surface area contributed by atoms with Gasteiger partial charge in [0.25, 0.3) is 5.91 Å². The number of nitrogens with zero attached hydrogens (tertiary/aromatic N) is 3. The third kappa shape index (κ3) is 3.05. The second kappa shape index (κ2) is 6.95. The zero-order valence-electron chi connectivity index (χ0n) is 16.6. The molecule has 2 aliphatic heterocycles. The Balaban J connectivity index is 1.36. The molecule has 1 atom stereocenters. The number of hydrogen-bond donors (Lipinski definition) is 0. The number of carbonyl (C=O) groups is 1. The zero-order chi connectivity index (χ0) is 20.0. The van der Waals surface area contributed by atoms with Crippen LogP contribution in [0.4, 0.5) is 5.69 Å². The van der Waals surface area contributed by atoms with E-state index in [0.29, 0.717) is 31.2 Å². The number of piperazine rings is 1. The van der Waals surface area contributed by atoms with E-state index in [1.807, 2.05) is 29.2 Å². The molecule has 5 rings (SSSR count). The van der Waals surface area contributed by atoms with Crippen LogP contribution >= 0.6 is 0 Å².